The lowest BCUT2D eigenvalue weighted by atomic mass is 10.0. The zero-order chi connectivity index (χ0) is 23.2. The highest BCUT2D eigenvalue weighted by molar-refractivity contribution is 6.21. The van der Waals surface area contributed by atoms with Crippen LogP contribution in [0.4, 0.5) is 0 Å². The first kappa shape index (κ1) is 19.7. The predicted molar refractivity (Wildman–Crippen MR) is 147 cm³/mol. The van der Waals surface area contributed by atoms with Gasteiger partial charge in [-0.2, -0.15) is 0 Å². The van der Waals surface area contributed by atoms with E-state index in [1.165, 1.54) is 43.7 Å². The lowest BCUT2D eigenvalue weighted by Crippen LogP contribution is -1.98. The smallest absolute Gasteiger partial charge is 0.138 e. The van der Waals surface area contributed by atoms with Crippen molar-refractivity contribution in [2.75, 3.05) is 0 Å². The van der Waals surface area contributed by atoms with Crippen molar-refractivity contribution in [3.63, 3.8) is 0 Å². The molecule has 0 aliphatic carbocycles. The van der Waals surface area contributed by atoms with Gasteiger partial charge in [0, 0.05) is 16.3 Å². The van der Waals surface area contributed by atoms with Crippen LogP contribution in [0.5, 0.6) is 0 Å². The van der Waals surface area contributed by atoms with Crippen LogP contribution in [0.25, 0.3) is 60.8 Å². The zero-order valence-electron chi connectivity index (χ0n) is 19.1. The molecule has 2 nitrogen and oxygen atoms in total. The molecule has 2 aromatic heterocycles. The van der Waals surface area contributed by atoms with Crippen molar-refractivity contribution in [3.8, 4) is 28.2 Å². The van der Waals surface area contributed by atoms with E-state index in [1.807, 2.05) is 6.07 Å². The average Bonchev–Trinajstić information content (AvgIpc) is 3.29. The summed E-state index contributed by atoms with van der Waals surface area (Å²) < 4.78 is 2.29. The molecule has 0 aliphatic heterocycles. The van der Waals surface area contributed by atoms with Crippen molar-refractivity contribution < 1.29 is 0 Å². The van der Waals surface area contributed by atoms with Crippen LogP contribution in [0.15, 0.2) is 133 Å². The van der Waals surface area contributed by atoms with E-state index in [0.29, 0.717) is 0 Å². The monoisotopic (exact) mass is 446 g/mol. The maximum atomic E-state index is 5.13. The van der Waals surface area contributed by atoms with Gasteiger partial charge in [0.25, 0.3) is 0 Å². The fourth-order valence-corrected chi connectivity index (χ4v) is 5.16. The summed E-state index contributed by atoms with van der Waals surface area (Å²) in [6.07, 6.45) is 0. The maximum Gasteiger partial charge on any atom is 0.138 e. The summed E-state index contributed by atoms with van der Waals surface area (Å²) in [5, 5.41) is 5.05. The number of rotatable bonds is 3. The van der Waals surface area contributed by atoms with Crippen molar-refractivity contribution in [1.29, 1.82) is 0 Å². The van der Waals surface area contributed by atoms with Gasteiger partial charge < -0.3 is 0 Å². The fraction of sp³-hybridized carbons (Fsp3) is 0. The molecule has 2 heterocycles. The molecule has 0 saturated carbocycles. The van der Waals surface area contributed by atoms with Crippen molar-refractivity contribution in [1.82, 2.24) is 9.55 Å². The molecular weight excluding hydrogens is 424 g/mol. The van der Waals surface area contributed by atoms with Gasteiger partial charge in [-0.3, -0.25) is 4.57 Å². The molecule has 7 rings (SSSR count). The van der Waals surface area contributed by atoms with E-state index >= 15 is 0 Å². The molecule has 35 heavy (non-hydrogen) atoms. The number of hydrogen-bond acceptors (Lipinski definition) is 1. The Morgan fingerprint density at radius 1 is 0.429 bits per heavy atom. The molecule has 0 bridgehead atoms. The number of benzene rings is 5. The average molecular weight is 447 g/mol. The number of aromatic nitrogens is 2. The van der Waals surface area contributed by atoms with Crippen molar-refractivity contribution in [3.05, 3.63) is 133 Å². The van der Waals surface area contributed by atoms with E-state index < -0.39 is 0 Å². The maximum absolute atomic E-state index is 5.13. The first-order valence-corrected chi connectivity index (χ1v) is 11.9. The standard InChI is InChI=1S/C33H22N2/c1-2-9-23(10-3-1)24-17-19-26(20-18-24)29-14-8-16-32(34-29)35-30-15-7-6-13-28(30)33-27-12-5-4-11-25(27)21-22-31(33)35/h1-22H. The molecule has 0 aliphatic rings. The molecule has 0 radical (unpaired) electrons. The van der Waals surface area contributed by atoms with E-state index in [0.717, 1.165) is 17.1 Å². The summed E-state index contributed by atoms with van der Waals surface area (Å²) in [6.45, 7) is 0. The summed E-state index contributed by atoms with van der Waals surface area (Å²) >= 11 is 0. The molecule has 0 fully saturated rings. The topological polar surface area (TPSA) is 17.8 Å². The Morgan fingerprint density at radius 3 is 1.97 bits per heavy atom. The molecule has 0 N–H and O–H groups in total. The van der Waals surface area contributed by atoms with Crippen molar-refractivity contribution >= 4 is 32.6 Å². The second-order valence-corrected chi connectivity index (χ2v) is 8.86. The highest BCUT2D eigenvalue weighted by atomic mass is 15.1. The van der Waals surface area contributed by atoms with Gasteiger partial charge in [0.05, 0.1) is 16.7 Å². The summed E-state index contributed by atoms with van der Waals surface area (Å²) in [5.74, 6) is 0.927. The molecule has 0 saturated heterocycles. The second-order valence-electron chi connectivity index (χ2n) is 8.86. The van der Waals surface area contributed by atoms with Crippen LogP contribution in [0, 0.1) is 0 Å². The molecule has 0 spiro atoms. The third kappa shape index (κ3) is 3.23. The first-order valence-electron chi connectivity index (χ1n) is 11.9. The molecule has 0 unspecified atom stereocenters. The van der Waals surface area contributed by atoms with E-state index in [-0.39, 0.29) is 0 Å². The van der Waals surface area contributed by atoms with Crippen LogP contribution in [-0.4, -0.2) is 9.55 Å². The molecule has 164 valence electrons. The lowest BCUT2D eigenvalue weighted by Gasteiger charge is -2.10. The zero-order valence-corrected chi connectivity index (χ0v) is 19.1. The van der Waals surface area contributed by atoms with Crippen LogP contribution in [-0.2, 0) is 0 Å². The summed E-state index contributed by atoms with van der Waals surface area (Å²) in [7, 11) is 0. The number of pyridine rings is 1. The Balaban J connectivity index is 1.40. The third-order valence-corrected chi connectivity index (χ3v) is 6.81. The Labute approximate surface area is 203 Å². The molecule has 5 aromatic carbocycles. The number of para-hydroxylation sites is 1. The Kier molecular flexibility index (Phi) is 4.49. The van der Waals surface area contributed by atoms with Crippen molar-refractivity contribution in [2.45, 2.75) is 0 Å². The number of nitrogens with zero attached hydrogens (tertiary/aromatic N) is 2. The van der Waals surface area contributed by atoms with Gasteiger partial charge >= 0.3 is 0 Å². The van der Waals surface area contributed by atoms with E-state index in [1.54, 1.807) is 0 Å². The highest BCUT2D eigenvalue weighted by Gasteiger charge is 2.15. The van der Waals surface area contributed by atoms with Gasteiger partial charge in [-0.15, -0.1) is 0 Å². The van der Waals surface area contributed by atoms with Crippen molar-refractivity contribution in [2.24, 2.45) is 0 Å². The third-order valence-electron chi connectivity index (χ3n) is 6.81. The van der Waals surface area contributed by atoms with E-state index in [9.17, 15) is 0 Å². The highest BCUT2D eigenvalue weighted by Crippen LogP contribution is 2.36. The van der Waals surface area contributed by atoms with E-state index in [2.05, 4.69) is 132 Å². The van der Waals surface area contributed by atoms with Crippen LogP contribution in [0.2, 0.25) is 0 Å². The molecule has 0 atom stereocenters. The first-order chi connectivity index (χ1) is 17.4. The summed E-state index contributed by atoms with van der Waals surface area (Å²) in [5.41, 5.74) is 6.85. The van der Waals surface area contributed by atoms with Gasteiger partial charge in [-0.25, -0.2) is 4.98 Å². The lowest BCUT2D eigenvalue weighted by molar-refractivity contribution is 1.08. The SMILES string of the molecule is c1ccc(-c2ccc(-c3cccc(-n4c5ccccc5c5c6ccccc6ccc54)n3)cc2)cc1. The van der Waals surface area contributed by atoms with Gasteiger partial charge in [-0.05, 0) is 46.2 Å². The minimum atomic E-state index is 0.927. The molecule has 2 heteroatoms. The quantitative estimate of drug-likeness (QED) is 0.265. The number of hydrogen-bond donors (Lipinski definition) is 0. The van der Waals surface area contributed by atoms with Gasteiger partial charge in [0.2, 0.25) is 0 Å². The molecular formula is C33H22N2. The van der Waals surface area contributed by atoms with Gasteiger partial charge in [0.1, 0.15) is 5.82 Å². The molecule has 0 amide bonds. The minimum Gasteiger partial charge on any atom is -0.294 e. The Bertz CT molecular complexity index is 1830. The Hall–Kier alpha value is -4.69. The fourth-order valence-electron chi connectivity index (χ4n) is 5.16. The van der Waals surface area contributed by atoms with Crippen LogP contribution in [0.1, 0.15) is 0 Å². The van der Waals surface area contributed by atoms with E-state index in [4.69, 9.17) is 4.98 Å². The Morgan fingerprint density at radius 2 is 1.11 bits per heavy atom. The van der Waals surface area contributed by atoms with Crippen LogP contribution < -0.4 is 0 Å². The largest absolute Gasteiger partial charge is 0.294 e. The normalized spacial score (nSPS) is 11.4. The van der Waals surface area contributed by atoms with Gasteiger partial charge in [0.15, 0.2) is 0 Å². The van der Waals surface area contributed by atoms with Crippen LogP contribution >= 0.6 is 0 Å². The predicted octanol–water partition coefficient (Wildman–Crippen LogP) is 8.67. The second kappa shape index (κ2) is 7.96. The van der Waals surface area contributed by atoms with Crippen LogP contribution in [0.3, 0.4) is 0 Å². The minimum absolute atomic E-state index is 0.927. The van der Waals surface area contributed by atoms with Gasteiger partial charge in [-0.1, -0.05) is 109 Å². The molecule has 7 aromatic rings. The summed E-state index contributed by atoms with van der Waals surface area (Å²) in [6, 6.07) is 47.1. The summed E-state index contributed by atoms with van der Waals surface area (Å²) in [4.78, 5) is 5.13. The number of fused-ring (bicyclic) bond motifs is 5.